The quantitative estimate of drug-likeness (QED) is 0.258. The first-order valence-corrected chi connectivity index (χ1v) is 16.3. The van der Waals surface area contributed by atoms with Crippen LogP contribution in [0.1, 0.15) is 79.4 Å². The fourth-order valence-electron chi connectivity index (χ4n) is 4.62. The molecule has 0 saturated heterocycles. The number of carbonyl (C=O) groups excluding carboxylic acids is 1. The Bertz CT molecular complexity index is 1020. The largest absolute Gasteiger partial charge is 0.459 e. The molecule has 1 unspecified atom stereocenters. The van der Waals surface area contributed by atoms with E-state index in [1.807, 2.05) is 19.1 Å². The number of esters is 1. The summed E-state index contributed by atoms with van der Waals surface area (Å²) in [6, 6.07) is 8.87. The van der Waals surface area contributed by atoms with Gasteiger partial charge in [-0.1, -0.05) is 59.5 Å². The van der Waals surface area contributed by atoms with E-state index in [1.54, 1.807) is 0 Å². The number of thiophene rings is 1. The van der Waals surface area contributed by atoms with Crippen LogP contribution in [-0.2, 0) is 15.6 Å². The van der Waals surface area contributed by atoms with Crippen LogP contribution in [0.3, 0.4) is 0 Å². The van der Waals surface area contributed by atoms with Crippen LogP contribution in [0, 0.1) is 6.92 Å². The highest BCUT2D eigenvalue weighted by Crippen LogP contribution is 2.48. The van der Waals surface area contributed by atoms with Crippen molar-refractivity contribution in [2.24, 2.45) is 0 Å². The van der Waals surface area contributed by atoms with Crippen LogP contribution in [0.25, 0.3) is 10.6 Å². The lowest BCUT2D eigenvalue weighted by atomic mass is 9.62. The van der Waals surface area contributed by atoms with Crippen molar-refractivity contribution in [3.05, 3.63) is 56.8 Å². The number of hydrogen-bond donors (Lipinski definition) is 0. The van der Waals surface area contributed by atoms with Crippen LogP contribution in [0.15, 0.2) is 29.6 Å². The van der Waals surface area contributed by atoms with Gasteiger partial charge < -0.3 is 4.74 Å². The van der Waals surface area contributed by atoms with Crippen molar-refractivity contribution in [1.82, 2.24) is 0 Å². The summed E-state index contributed by atoms with van der Waals surface area (Å²) in [5.41, 5.74) is 6.14. The van der Waals surface area contributed by atoms with Gasteiger partial charge in [0.05, 0.1) is 14.7 Å². The van der Waals surface area contributed by atoms with Gasteiger partial charge in [0.25, 0.3) is 4.88 Å². The van der Waals surface area contributed by atoms with E-state index in [1.165, 1.54) is 40.3 Å². The summed E-state index contributed by atoms with van der Waals surface area (Å²) in [5, 5.41) is 5.96. The van der Waals surface area contributed by atoms with E-state index >= 15 is 0 Å². The van der Waals surface area contributed by atoms with Gasteiger partial charge in [0, 0.05) is 16.5 Å². The molecule has 0 fully saturated rings. The molecule has 1 heterocycles. The average molecular weight is 456 g/mol. The number of ether oxygens (including phenoxy) is 1. The maximum absolute atomic E-state index is 12.5. The fraction of sp³-hybridized carbons (Fsp3) is 0.519. The zero-order valence-corrected chi connectivity index (χ0v) is 22.6. The molecular weight excluding hydrogens is 416 g/mol. The first kappa shape index (κ1) is 24.0. The third-order valence-electron chi connectivity index (χ3n) is 6.74. The molecule has 1 aromatic heterocycles. The number of rotatable bonds is 5. The number of aryl methyl sites for hydroxylation is 1. The van der Waals surface area contributed by atoms with Crippen molar-refractivity contribution in [3.8, 4) is 0 Å². The monoisotopic (exact) mass is 455 g/mol. The van der Waals surface area contributed by atoms with Crippen LogP contribution in [0.2, 0.25) is 19.6 Å². The van der Waals surface area contributed by atoms with Crippen molar-refractivity contribution in [1.29, 1.82) is 0 Å². The molecule has 0 saturated carbocycles. The molecule has 4 heteroatoms. The van der Waals surface area contributed by atoms with Crippen molar-refractivity contribution in [2.45, 2.75) is 84.9 Å². The van der Waals surface area contributed by atoms with Crippen LogP contribution in [0.4, 0.5) is 0 Å². The molecule has 2 aromatic rings. The van der Waals surface area contributed by atoms with Crippen molar-refractivity contribution in [2.75, 3.05) is 6.61 Å². The van der Waals surface area contributed by atoms with E-state index in [-0.39, 0.29) is 27.3 Å². The molecule has 0 spiro atoms. The molecule has 1 aromatic carbocycles. The van der Waals surface area contributed by atoms with E-state index in [2.05, 4.69) is 77.2 Å². The summed E-state index contributed by atoms with van der Waals surface area (Å²) >= 11 is 0. The third kappa shape index (κ3) is 4.75. The Morgan fingerprint density at radius 2 is 1.68 bits per heavy atom. The van der Waals surface area contributed by atoms with Gasteiger partial charge in [0.2, 0.25) is 0 Å². The van der Waals surface area contributed by atoms with E-state index in [0.717, 1.165) is 4.88 Å². The minimum absolute atomic E-state index is 0.184. The summed E-state index contributed by atoms with van der Waals surface area (Å²) in [6.45, 7) is 21.3. The van der Waals surface area contributed by atoms with Crippen molar-refractivity contribution >= 4 is 35.1 Å². The highest BCUT2D eigenvalue weighted by molar-refractivity contribution is 7.42. The molecule has 0 aliphatic heterocycles. The third-order valence-corrected chi connectivity index (χ3v) is 10.7. The van der Waals surface area contributed by atoms with Crippen LogP contribution >= 0.6 is 10.5 Å². The van der Waals surface area contributed by atoms with Gasteiger partial charge in [0.1, 0.15) is 10.8 Å². The van der Waals surface area contributed by atoms with Gasteiger partial charge in [-0.15, -0.1) is 0 Å². The molecule has 0 N–H and O–H groups in total. The van der Waals surface area contributed by atoms with Gasteiger partial charge in [-0.25, -0.2) is 4.79 Å². The van der Waals surface area contributed by atoms with E-state index < -0.39 is 8.07 Å². The molecule has 1 atom stereocenters. The summed E-state index contributed by atoms with van der Waals surface area (Å²) in [6.07, 6.45) is 2.44. The maximum Gasteiger partial charge on any atom is 0.391 e. The minimum atomic E-state index is -1.68. The average Bonchev–Trinajstić information content (AvgIpc) is 3.11. The summed E-state index contributed by atoms with van der Waals surface area (Å²) in [4.78, 5) is 13.3. The molecule has 2 nitrogen and oxygen atoms in total. The predicted molar refractivity (Wildman–Crippen MR) is 139 cm³/mol. The van der Waals surface area contributed by atoms with Gasteiger partial charge in [-0.2, -0.15) is 0 Å². The van der Waals surface area contributed by atoms with E-state index in [4.69, 9.17) is 4.74 Å². The smallest absolute Gasteiger partial charge is 0.391 e. The first-order chi connectivity index (χ1) is 14.3. The predicted octanol–water partition coefficient (Wildman–Crippen LogP) is 8.15. The molecule has 0 radical (unpaired) electrons. The Kier molecular flexibility index (Phi) is 6.47. The Labute approximate surface area is 192 Å². The number of carbonyl (C=O) groups is 1. The van der Waals surface area contributed by atoms with Gasteiger partial charge >= 0.3 is 5.97 Å². The number of hydrogen-bond acceptors (Lipinski definition) is 2. The molecule has 1 aliphatic rings. The second-order valence-corrected chi connectivity index (χ2v) is 17.9. The number of benzene rings is 1. The normalized spacial score (nSPS) is 18.5. The van der Waals surface area contributed by atoms with Crippen LogP contribution < -0.4 is 0 Å². The van der Waals surface area contributed by atoms with Gasteiger partial charge in [0.15, 0.2) is 0 Å². The molecule has 168 valence electrons. The molecule has 0 bridgehead atoms. The highest BCUT2D eigenvalue weighted by Gasteiger charge is 2.38. The highest BCUT2D eigenvalue weighted by atomic mass is 32.2. The topological polar surface area (TPSA) is 26.3 Å². The Balaban J connectivity index is 2.22. The Hall–Kier alpha value is -1.65. The lowest BCUT2D eigenvalue weighted by Crippen LogP contribution is -2.34. The summed E-state index contributed by atoms with van der Waals surface area (Å²) in [5.74, 6) is -0.188. The second kappa shape index (κ2) is 8.36. The molecule has 1 aliphatic carbocycles. The Morgan fingerprint density at radius 3 is 2.23 bits per heavy atom. The van der Waals surface area contributed by atoms with E-state index in [0.29, 0.717) is 6.61 Å². The summed E-state index contributed by atoms with van der Waals surface area (Å²) in [7, 11) is -2.02. The lowest BCUT2D eigenvalue weighted by molar-refractivity contribution is 0.0532. The summed E-state index contributed by atoms with van der Waals surface area (Å²) < 4.78 is 5.32. The maximum atomic E-state index is 12.5. The molecule has 3 rings (SSSR count). The minimum Gasteiger partial charge on any atom is -0.459 e. The molecular formula is C27H39O2SSi+. The van der Waals surface area contributed by atoms with Crippen molar-refractivity contribution < 1.29 is 9.53 Å². The Morgan fingerprint density at radius 1 is 1.10 bits per heavy atom. The molecule has 31 heavy (non-hydrogen) atoms. The van der Waals surface area contributed by atoms with Crippen LogP contribution in [0.5, 0.6) is 0 Å². The molecule has 0 amide bonds. The zero-order valence-electron chi connectivity index (χ0n) is 20.8. The first-order valence-electron chi connectivity index (χ1n) is 11.4. The van der Waals surface area contributed by atoms with E-state index in [9.17, 15) is 4.79 Å². The van der Waals surface area contributed by atoms with Crippen molar-refractivity contribution in [3.63, 3.8) is 0 Å². The van der Waals surface area contributed by atoms with Crippen LogP contribution in [-0.4, -0.2) is 20.7 Å². The standard InChI is InChI=1S/C27H39O2SSi/c1-10-29-25(28)23-12-11-15-30(23)18-24(31(7,8)9)20-17-22-21(16-19(20)2)26(3,4)13-14-27(22,5)6/h11-12,15-18H,10,13-14H2,1-9H3/q+1/b24-18-. The SMILES string of the molecule is CCOC(=O)c1ccc[s+]1/C=C(/c1cc2c(cc1C)C(C)(C)CCC2(C)C)[Si](C)(C)C. The van der Waals surface area contributed by atoms with Gasteiger partial charge in [-0.3, -0.25) is 0 Å². The van der Waals surface area contributed by atoms with Gasteiger partial charge in [-0.05, 0) is 71.0 Å². The zero-order chi connectivity index (χ0) is 23.2. The second-order valence-electron chi connectivity index (χ2n) is 11.2. The lowest BCUT2D eigenvalue weighted by Gasteiger charge is -2.42. The fourth-order valence-corrected chi connectivity index (χ4v) is 8.96. The number of fused-ring (bicyclic) bond motifs is 1.